The Balaban J connectivity index is 2.94. The highest BCUT2D eigenvalue weighted by atomic mass is 16.4. The number of aromatic nitrogens is 1. The summed E-state index contributed by atoms with van der Waals surface area (Å²) >= 11 is 0. The van der Waals surface area contributed by atoms with Crippen LogP contribution in [0, 0.1) is 20.8 Å². The molecule has 0 aliphatic carbocycles. The molecule has 0 saturated carbocycles. The van der Waals surface area contributed by atoms with Crippen LogP contribution in [0.2, 0.25) is 0 Å². The number of benzene rings is 1. The fraction of sp³-hybridized carbons (Fsp3) is 0.400. The zero-order valence-corrected chi connectivity index (χ0v) is 11.4. The standard InChI is InChI=1S/C15H19NO2/c1-5-8-16-11(4)10(3)12-7-6-9(2)13(14(12)16)15(17)18/h6-7H,5,8H2,1-4H3,(H,17,18). The van der Waals surface area contributed by atoms with Gasteiger partial charge in [-0.15, -0.1) is 0 Å². The monoisotopic (exact) mass is 245 g/mol. The highest BCUT2D eigenvalue weighted by Crippen LogP contribution is 2.30. The molecule has 0 saturated heterocycles. The summed E-state index contributed by atoms with van der Waals surface area (Å²) in [5.74, 6) is -0.840. The molecule has 0 radical (unpaired) electrons. The smallest absolute Gasteiger partial charge is 0.338 e. The van der Waals surface area contributed by atoms with Gasteiger partial charge in [0.1, 0.15) is 0 Å². The second kappa shape index (κ2) is 4.48. The Morgan fingerprint density at radius 1 is 1.28 bits per heavy atom. The highest BCUT2D eigenvalue weighted by Gasteiger charge is 2.19. The average molecular weight is 245 g/mol. The molecule has 2 aromatic rings. The second-order valence-corrected chi connectivity index (χ2v) is 4.82. The van der Waals surface area contributed by atoms with Gasteiger partial charge in [-0.2, -0.15) is 0 Å². The number of carbonyl (C=O) groups is 1. The van der Waals surface area contributed by atoms with Crippen LogP contribution in [0.25, 0.3) is 10.9 Å². The molecule has 0 bridgehead atoms. The van der Waals surface area contributed by atoms with Crippen LogP contribution in [0.1, 0.15) is 40.5 Å². The molecule has 3 nitrogen and oxygen atoms in total. The highest BCUT2D eigenvalue weighted by molar-refractivity contribution is 6.05. The van der Waals surface area contributed by atoms with Gasteiger partial charge in [0.25, 0.3) is 0 Å². The number of carboxylic acids is 1. The van der Waals surface area contributed by atoms with Crippen molar-refractivity contribution in [2.75, 3.05) is 0 Å². The predicted molar refractivity (Wildman–Crippen MR) is 73.4 cm³/mol. The van der Waals surface area contributed by atoms with Gasteiger partial charge in [-0.3, -0.25) is 0 Å². The summed E-state index contributed by atoms with van der Waals surface area (Å²) in [6, 6.07) is 3.93. The number of rotatable bonds is 3. The fourth-order valence-electron chi connectivity index (χ4n) is 2.61. The molecule has 0 fully saturated rings. The third kappa shape index (κ3) is 1.70. The van der Waals surface area contributed by atoms with E-state index in [1.807, 2.05) is 19.1 Å². The van der Waals surface area contributed by atoms with Crippen LogP contribution in [-0.2, 0) is 6.54 Å². The van der Waals surface area contributed by atoms with Crippen molar-refractivity contribution in [1.29, 1.82) is 0 Å². The van der Waals surface area contributed by atoms with Crippen LogP contribution < -0.4 is 0 Å². The van der Waals surface area contributed by atoms with E-state index in [0.29, 0.717) is 5.56 Å². The van der Waals surface area contributed by atoms with Gasteiger partial charge in [0.15, 0.2) is 0 Å². The van der Waals surface area contributed by atoms with E-state index in [1.165, 1.54) is 11.3 Å². The van der Waals surface area contributed by atoms with Crippen LogP contribution in [0.4, 0.5) is 0 Å². The number of fused-ring (bicyclic) bond motifs is 1. The van der Waals surface area contributed by atoms with Crippen molar-refractivity contribution in [3.8, 4) is 0 Å². The van der Waals surface area contributed by atoms with Gasteiger partial charge in [0, 0.05) is 17.6 Å². The van der Waals surface area contributed by atoms with Crippen LogP contribution in [-0.4, -0.2) is 15.6 Å². The minimum Gasteiger partial charge on any atom is -0.478 e. The Morgan fingerprint density at radius 3 is 2.50 bits per heavy atom. The largest absolute Gasteiger partial charge is 0.478 e. The summed E-state index contributed by atoms with van der Waals surface area (Å²) in [6.45, 7) is 8.95. The summed E-state index contributed by atoms with van der Waals surface area (Å²) in [4.78, 5) is 11.5. The first-order chi connectivity index (χ1) is 8.49. The molecule has 96 valence electrons. The van der Waals surface area contributed by atoms with E-state index in [0.717, 1.165) is 29.4 Å². The number of aryl methyl sites for hydroxylation is 3. The van der Waals surface area contributed by atoms with E-state index in [4.69, 9.17) is 0 Å². The van der Waals surface area contributed by atoms with E-state index in [9.17, 15) is 9.90 Å². The molecule has 1 aromatic carbocycles. The maximum Gasteiger partial charge on any atom is 0.338 e. The van der Waals surface area contributed by atoms with Crippen LogP contribution in [0.3, 0.4) is 0 Å². The Hall–Kier alpha value is -1.77. The van der Waals surface area contributed by atoms with Gasteiger partial charge in [-0.25, -0.2) is 4.79 Å². The SMILES string of the molecule is CCCn1c(C)c(C)c2ccc(C)c(C(=O)O)c21. The third-order valence-corrected chi connectivity index (χ3v) is 3.67. The van der Waals surface area contributed by atoms with Crippen LogP contribution in [0.5, 0.6) is 0 Å². The second-order valence-electron chi connectivity index (χ2n) is 4.82. The number of hydrogen-bond donors (Lipinski definition) is 1. The molecule has 1 heterocycles. The Kier molecular flexibility index (Phi) is 3.16. The van der Waals surface area contributed by atoms with E-state index >= 15 is 0 Å². The van der Waals surface area contributed by atoms with Gasteiger partial charge in [-0.1, -0.05) is 19.1 Å². The number of hydrogen-bond acceptors (Lipinski definition) is 1. The molecular weight excluding hydrogens is 226 g/mol. The quantitative estimate of drug-likeness (QED) is 0.896. The maximum atomic E-state index is 11.5. The van der Waals surface area contributed by atoms with Crippen molar-refractivity contribution in [2.24, 2.45) is 0 Å². The van der Waals surface area contributed by atoms with Crippen LogP contribution in [0.15, 0.2) is 12.1 Å². The van der Waals surface area contributed by atoms with Crippen molar-refractivity contribution in [3.05, 3.63) is 34.5 Å². The van der Waals surface area contributed by atoms with Gasteiger partial charge < -0.3 is 9.67 Å². The average Bonchev–Trinajstić information content (AvgIpc) is 2.54. The molecule has 0 unspecified atom stereocenters. The maximum absolute atomic E-state index is 11.5. The van der Waals surface area contributed by atoms with E-state index in [-0.39, 0.29) is 0 Å². The van der Waals surface area contributed by atoms with Gasteiger partial charge in [0.05, 0.1) is 11.1 Å². The summed E-state index contributed by atoms with van der Waals surface area (Å²) < 4.78 is 2.14. The zero-order chi connectivity index (χ0) is 13.4. The molecule has 0 atom stereocenters. The summed E-state index contributed by atoms with van der Waals surface area (Å²) in [5, 5.41) is 10.5. The van der Waals surface area contributed by atoms with E-state index in [2.05, 4.69) is 25.3 Å². The normalized spacial score (nSPS) is 11.1. The van der Waals surface area contributed by atoms with Crippen molar-refractivity contribution in [1.82, 2.24) is 4.57 Å². The van der Waals surface area contributed by atoms with Crippen molar-refractivity contribution in [3.63, 3.8) is 0 Å². The third-order valence-electron chi connectivity index (χ3n) is 3.67. The number of nitrogens with zero attached hydrogens (tertiary/aromatic N) is 1. The first-order valence-corrected chi connectivity index (χ1v) is 6.31. The van der Waals surface area contributed by atoms with Crippen molar-refractivity contribution < 1.29 is 9.90 Å². The molecule has 0 aliphatic heterocycles. The van der Waals surface area contributed by atoms with Crippen molar-refractivity contribution >= 4 is 16.9 Å². The van der Waals surface area contributed by atoms with E-state index < -0.39 is 5.97 Å². The Bertz CT molecular complexity index is 623. The summed E-state index contributed by atoms with van der Waals surface area (Å²) in [5.41, 5.74) is 4.49. The molecule has 0 spiro atoms. The number of carboxylic acid groups (broad SMARTS) is 1. The molecule has 0 amide bonds. The summed E-state index contributed by atoms with van der Waals surface area (Å²) in [7, 11) is 0. The molecule has 1 aromatic heterocycles. The first-order valence-electron chi connectivity index (χ1n) is 6.31. The first kappa shape index (κ1) is 12.7. The van der Waals surface area contributed by atoms with Gasteiger partial charge >= 0.3 is 5.97 Å². The number of aromatic carboxylic acids is 1. The molecule has 1 N–H and O–H groups in total. The lowest BCUT2D eigenvalue weighted by Crippen LogP contribution is -2.06. The lowest BCUT2D eigenvalue weighted by Gasteiger charge is -2.10. The van der Waals surface area contributed by atoms with Crippen molar-refractivity contribution in [2.45, 2.75) is 40.7 Å². The predicted octanol–water partition coefficient (Wildman–Crippen LogP) is 3.67. The Morgan fingerprint density at radius 2 is 1.94 bits per heavy atom. The van der Waals surface area contributed by atoms with E-state index in [1.54, 1.807) is 0 Å². The van der Waals surface area contributed by atoms with Crippen LogP contribution >= 0.6 is 0 Å². The molecule has 3 heteroatoms. The minimum atomic E-state index is -0.840. The molecule has 0 aliphatic rings. The molecule has 2 rings (SSSR count). The lowest BCUT2D eigenvalue weighted by molar-refractivity contribution is 0.0698. The fourth-order valence-corrected chi connectivity index (χ4v) is 2.61. The molecule has 18 heavy (non-hydrogen) atoms. The lowest BCUT2D eigenvalue weighted by atomic mass is 10.0. The minimum absolute atomic E-state index is 0.442. The zero-order valence-electron chi connectivity index (χ0n) is 11.4. The Labute approximate surface area is 107 Å². The topological polar surface area (TPSA) is 42.2 Å². The van der Waals surface area contributed by atoms with Gasteiger partial charge in [0.2, 0.25) is 0 Å². The van der Waals surface area contributed by atoms with Gasteiger partial charge in [-0.05, 0) is 38.3 Å². The summed E-state index contributed by atoms with van der Waals surface area (Å²) in [6.07, 6.45) is 0.997. The molecular formula is C15H19NO2.